The number of hydrogen-bond acceptors (Lipinski definition) is 3. The van der Waals surface area contributed by atoms with Gasteiger partial charge in [-0.05, 0) is 30.3 Å². The van der Waals surface area contributed by atoms with Crippen LogP contribution in [0.15, 0.2) is 30.3 Å². The molecule has 0 fully saturated rings. The lowest BCUT2D eigenvalue weighted by molar-refractivity contribution is 0.0698. The predicted molar refractivity (Wildman–Crippen MR) is 77.5 cm³/mol. The van der Waals surface area contributed by atoms with Gasteiger partial charge in [0.2, 0.25) is 0 Å². The molecule has 4 N–H and O–H groups in total. The number of nitrogens with one attached hydrogen (secondary N) is 1. The molecule has 0 aliphatic heterocycles. The van der Waals surface area contributed by atoms with E-state index in [0.717, 1.165) is 6.07 Å². The average Bonchev–Trinajstić information content (AvgIpc) is 2.30. The van der Waals surface area contributed by atoms with E-state index in [2.05, 4.69) is 5.32 Å². The van der Waals surface area contributed by atoms with Gasteiger partial charge >= 0.3 is 5.97 Å². The van der Waals surface area contributed by atoms with Gasteiger partial charge in [0.05, 0.1) is 16.3 Å². The van der Waals surface area contributed by atoms with Crippen LogP contribution in [-0.4, -0.2) is 11.1 Å². The Morgan fingerprint density at radius 1 is 1.20 bits per heavy atom. The first kappa shape index (κ1) is 14.4. The summed E-state index contributed by atoms with van der Waals surface area (Å²) in [4.78, 5) is 11.2. The first-order valence-electron chi connectivity index (χ1n) is 5.42. The van der Waals surface area contributed by atoms with Crippen molar-refractivity contribution in [1.82, 2.24) is 0 Å². The predicted octanol–water partition coefficient (Wildman–Crippen LogP) is 4.16. The molecule has 7 heteroatoms. The number of benzene rings is 2. The second-order valence-electron chi connectivity index (χ2n) is 4.01. The largest absolute Gasteiger partial charge is 0.478 e. The van der Waals surface area contributed by atoms with Crippen molar-refractivity contribution >= 4 is 46.2 Å². The highest BCUT2D eigenvalue weighted by atomic mass is 35.5. The summed E-state index contributed by atoms with van der Waals surface area (Å²) in [5.41, 5.74) is 6.06. The number of carbonyl (C=O) groups is 1. The topological polar surface area (TPSA) is 75.3 Å². The Morgan fingerprint density at radius 3 is 2.50 bits per heavy atom. The summed E-state index contributed by atoms with van der Waals surface area (Å²) in [6.45, 7) is 0. The monoisotopic (exact) mass is 314 g/mol. The molecule has 0 spiro atoms. The van der Waals surface area contributed by atoms with Gasteiger partial charge in [-0.1, -0.05) is 23.2 Å². The molecular weight excluding hydrogens is 306 g/mol. The van der Waals surface area contributed by atoms with Crippen molar-refractivity contribution in [3.05, 3.63) is 51.8 Å². The highest BCUT2D eigenvalue weighted by Crippen LogP contribution is 2.32. The molecular formula is C13H9Cl2FN2O2. The number of halogens is 3. The molecule has 4 nitrogen and oxygen atoms in total. The Balaban J connectivity index is 2.50. The molecule has 0 amide bonds. The quantitative estimate of drug-likeness (QED) is 0.744. The summed E-state index contributed by atoms with van der Waals surface area (Å²) >= 11 is 11.7. The highest BCUT2D eigenvalue weighted by Gasteiger charge is 2.15. The lowest BCUT2D eigenvalue weighted by Gasteiger charge is -2.13. The third-order valence-corrected chi connectivity index (χ3v) is 2.99. The minimum absolute atomic E-state index is 0.114. The second-order valence-corrected chi connectivity index (χ2v) is 4.86. The van der Waals surface area contributed by atoms with Crippen molar-refractivity contribution < 1.29 is 14.3 Å². The van der Waals surface area contributed by atoms with Crippen LogP contribution in [0.2, 0.25) is 10.0 Å². The normalized spacial score (nSPS) is 10.3. The number of carboxylic acids is 1. The van der Waals surface area contributed by atoms with E-state index < -0.39 is 11.8 Å². The van der Waals surface area contributed by atoms with Gasteiger partial charge in [-0.15, -0.1) is 0 Å². The van der Waals surface area contributed by atoms with Crippen molar-refractivity contribution in [2.75, 3.05) is 11.1 Å². The van der Waals surface area contributed by atoms with Crippen LogP contribution in [-0.2, 0) is 0 Å². The van der Waals surface area contributed by atoms with E-state index in [1.807, 2.05) is 0 Å². The number of nitrogens with two attached hydrogens (primary N) is 1. The Hall–Kier alpha value is -1.98. The number of nitrogen functional groups attached to an aromatic ring is 1. The van der Waals surface area contributed by atoms with Crippen molar-refractivity contribution in [3.63, 3.8) is 0 Å². The molecule has 20 heavy (non-hydrogen) atoms. The molecule has 104 valence electrons. The van der Waals surface area contributed by atoms with Gasteiger partial charge in [-0.2, -0.15) is 0 Å². The SMILES string of the molecule is Nc1cc(Cl)c(Nc2cc(F)cc(Cl)c2)c(C(=O)O)c1. The third-order valence-electron chi connectivity index (χ3n) is 2.47. The van der Waals surface area contributed by atoms with Gasteiger partial charge in [-0.25, -0.2) is 9.18 Å². The fourth-order valence-electron chi connectivity index (χ4n) is 1.69. The number of hydrogen-bond donors (Lipinski definition) is 3. The van der Waals surface area contributed by atoms with Gasteiger partial charge in [0, 0.05) is 16.4 Å². The summed E-state index contributed by atoms with van der Waals surface area (Å²) in [5.74, 6) is -1.76. The molecule has 0 heterocycles. The van der Waals surface area contributed by atoms with Crippen LogP contribution in [0.3, 0.4) is 0 Å². The van der Waals surface area contributed by atoms with Gasteiger partial charge in [-0.3, -0.25) is 0 Å². The zero-order valence-electron chi connectivity index (χ0n) is 9.95. The van der Waals surface area contributed by atoms with Crippen LogP contribution in [0.1, 0.15) is 10.4 Å². The van der Waals surface area contributed by atoms with Gasteiger partial charge in [0.15, 0.2) is 0 Å². The summed E-state index contributed by atoms with van der Waals surface area (Å²) in [6.07, 6.45) is 0. The van der Waals surface area contributed by atoms with Gasteiger partial charge in [0.25, 0.3) is 0 Å². The standard InChI is InChI=1S/C13H9Cl2FN2O2/c14-6-1-7(16)3-9(2-6)18-12-10(13(19)20)4-8(17)5-11(12)15/h1-5,18H,17H2,(H,19,20). The van der Waals surface area contributed by atoms with Gasteiger partial charge < -0.3 is 16.2 Å². The molecule has 2 rings (SSSR count). The Kier molecular flexibility index (Phi) is 4.01. The molecule has 0 aliphatic carbocycles. The smallest absolute Gasteiger partial charge is 0.337 e. The molecule has 2 aromatic carbocycles. The lowest BCUT2D eigenvalue weighted by atomic mass is 10.1. The fraction of sp³-hybridized carbons (Fsp3) is 0. The molecule has 0 aromatic heterocycles. The van der Waals surface area contributed by atoms with Crippen LogP contribution in [0.5, 0.6) is 0 Å². The maximum atomic E-state index is 13.3. The molecule has 0 saturated heterocycles. The third kappa shape index (κ3) is 3.12. The van der Waals surface area contributed by atoms with E-state index >= 15 is 0 Å². The number of rotatable bonds is 3. The number of aromatic carboxylic acids is 1. The molecule has 2 aromatic rings. The fourth-order valence-corrected chi connectivity index (χ4v) is 2.19. The molecule has 0 bridgehead atoms. The zero-order chi connectivity index (χ0) is 14.9. The minimum Gasteiger partial charge on any atom is -0.478 e. The van der Waals surface area contributed by atoms with E-state index in [9.17, 15) is 9.18 Å². The Labute approximate surface area is 123 Å². The minimum atomic E-state index is -1.20. The summed E-state index contributed by atoms with van der Waals surface area (Å²) < 4.78 is 13.3. The Morgan fingerprint density at radius 2 is 1.90 bits per heavy atom. The Bertz CT molecular complexity index is 672. The van der Waals surface area contributed by atoms with E-state index in [1.54, 1.807) is 0 Å². The molecule has 0 saturated carbocycles. The number of carboxylic acid groups (broad SMARTS) is 1. The van der Waals surface area contributed by atoms with Gasteiger partial charge in [0.1, 0.15) is 5.82 Å². The zero-order valence-corrected chi connectivity index (χ0v) is 11.5. The summed E-state index contributed by atoms with van der Waals surface area (Å²) in [6, 6.07) is 6.41. The van der Waals surface area contributed by atoms with Crippen molar-refractivity contribution in [3.8, 4) is 0 Å². The first-order chi connectivity index (χ1) is 9.36. The van der Waals surface area contributed by atoms with E-state index in [-0.39, 0.29) is 32.7 Å². The molecule has 0 radical (unpaired) electrons. The number of anilines is 3. The van der Waals surface area contributed by atoms with Crippen LogP contribution in [0, 0.1) is 5.82 Å². The highest BCUT2D eigenvalue weighted by molar-refractivity contribution is 6.34. The van der Waals surface area contributed by atoms with E-state index in [1.165, 1.54) is 24.3 Å². The van der Waals surface area contributed by atoms with Crippen molar-refractivity contribution in [1.29, 1.82) is 0 Å². The lowest BCUT2D eigenvalue weighted by Crippen LogP contribution is -2.05. The van der Waals surface area contributed by atoms with Crippen LogP contribution in [0.25, 0.3) is 0 Å². The summed E-state index contributed by atoms with van der Waals surface area (Å²) in [5, 5.41) is 12.2. The second kappa shape index (κ2) is 5.56. The maximum Gasteiger partial charge on any atom is 0.337 e. The van der Waals surface area contributed by atoms with Crippen LogP contribution in [0.4, 0.5) is 21.5 Å². The van der Waals surface area contributed by atoms with Crippen molar-refractivity contribution in [2.45, 2.75) is 0 Å². The molecule has 0 unspecified atom stereocenters. The first-order valence-corrected chi connectivity index (χ1v) is 6.18. The molecule has 0 aliphatic rings. The van der Waals surface area contributed by atoms with Crippen molar-refractivity contribution in [2.24, 2.45) is 0 Å². The average molecular weight is 315 g/mol. The molecule has 0 atom stereocenters. The van der Waals surface area contributed by atoms with E-state index in [0.29, 0.717) is 0 Å². The van der Waals surface area contributed by atoms with Crippen LogP contribution < -0.4 is 11.1 Å². The van der Waals surface area contributed by atoms with E-state index in [4.69, 9.17) is 34.0 Å². The maximum absolute atomic E-state index is 13.3. The summed E-state index contributed by atoms with van der Waals surface area (Å²) in [7, 11) is 0. The van der Waals surface area contributed by atoms with Crippen LogP contribution >= 0.6 is 23.2 Å².